The molecule has 0 saturated carbocycles. The minimum absolute atomic E-state index is 0.274. The van der Waals surface area contributed by atoms with Gasteiger partial charge in [-0.15, -0.1) is 0 Å². The van der Waals surface area contributed by atoms with Crippen molar-refractivity contribution in [3.63, 3.8) is 0 Å². The number of rotatable bonds is 5. The highest BCUT2D eigenvalue weighted by Gasteiger charge is 2.22. The average molecular weight is 332 g/mol. The van der Waals surface area contributed by atoms with Crippen LogP contribution in [0.1, 0.15) is 30.7 Å². The maximum Gasteiger partial charge on any atom is 0.224 e. The number of carbonyl (C=O) groups excluding carboxylic acids is 1. The van der Waals surface area contributed by atoms with Gasteiger partial charge < -0.3 is 19.3 Å². The lowest BCUT2D eigenvalue weighted by molar-refractivity contribution is -0.135. The number of likely N-dealkylation sites (tertiary alicyclic amines) is 1. The molecule has 0 bridgehead atoms. The number of hydrogen-bond acceptors (Lipinski definition) is 4. The molecule has 3 rings (SSSR count). The normalized spacial score (nSPS) is 20.1. The van der Waals surface area contributed by atoms with Gasteiger partial charge in [-0.1, -0.05) is 12.1 Å². The number of hydrogen-bond donors (Lipinski definition) is 0. The van der Waals surface area contributed by atoms with Gasteiger partial charge in [0.2, 0.25) is 5.91 Å². The zero-order chi connectivity index (χ0) is 16.8. The Kier molecular flexibility index (Phi) is 6.10. The third-order valence-corrected chi connectivity index (χ3v) is 5.18. The summed E-state index contributed by atoms with van der Waals surface area (Å²) in [5, 5.41) is 0. The van der Waals surface area contributed by atoms with Crippen LogP contribution in [0.2, 0.25) is 0 Å². The fourth-order valence-corrected chi connectivity index (χ4v) is 3.59. The molecule has 5 nitrogen and oxygen atoms in total. The lowest BCUT2D eigenvalue weighted by Crippen LogP contribution is -2.42. The van der Waals surface area contributed by atoms with E-state index in [1.807, 2.05) is 17.0 Å². The predicted octanol–water partition coefficient (Wildman–Crippen LogP) is 2.12. The smallest absolute Gasteiger partial charge is 0.224 e. The van der Waals surface area contributed by atoms with E-state index in [2.05, 4.69) is 17.0 Å². The number of benzene rings is 1. The first-order chi connectivity index (χ1) is 11.8. The molecule has 0 atom stereocenters. The van der Waals surface area contributed by atoms with Crippen molar-refractivity contribution in [2.24, 2.45) is 0 Å². The van der Waals surface area contributed by atoms with E-state index in [1.54, 1.807) is 7.11 Å². The number of nitrogens with zero attached hydrogens (tertiary/aromatic N) is 2. The number of methoxy groups -OCH3 is 1. The van der Waals surface area contributed by atoms with Gasteiger partial charge in [-0.2, -0.15) is 0 Å². The van der Waals surface area contributed by atoms with Gasteiger partial charge in [0.25, 0.3) is 0 Å². The van der Waals surface area contributed by atoms with Gasteiger partial charge in [-0.05, 0) is 49.5 Å². The van der Waals surface area contributed by atoms with E-state index in [1.165, 1.54) is 5.56 Å². The lowest BCUT2D eigenvalue weighted by Gasteiger charge is -2.33. The quantitative estimate of drug-likeness (QED) is 0.828. The Balaban J connectivity index is 1.40. The maximum absolute atomic E-state index is 12.2. The van der Waals surface area contributed by atoms with Crippen molar-refractivity contribution < 1.29 is 14.3 Å². The summed E-state index contributed by atoms with van der Waals surface area (Å²) in [6.07, 6.45) is 2.96. The molecule has 2 aliphatic heterocycles. The molecule has 1 amide bonds. The second-order valence-electron chi connectivity index (χ2n) is 6.63. The minimum atomic E-state index is 0.274. The molecule has 5 heteroatoms. The molecule has 2 aliphatic rings. The van der Waals surface area contributed by atoms with Gasteiger partial charge in [0, 0.05) is 26.1 Å². The summed E-state index contributed by atoms with van der Waals surface area (Å²) in [4.78, 5) is 16.6. The van der Waals surface area contributed by atoms with Crippen molar-refractivity contribution in [3.05, 3.63) is 29.8 Å². The zero-order valence-corrected chi connectivity index (χ0v) is 14.6. The summed E-state index contributed by atoms with van der Waals surface area (Å²) in [7, 11) is 1.70. The number of carbonyl (C=O) groups is 1. The highest BCUT2D eigenvalue weighted by molar-refractivity contribution is 5.76. The Bertz CT molecular complexity index is 518. The molecular weight excluding hydrogens is 304 g/mol. The summed E-state index contributed by atoms with van der Waals surface area (Å²) < 4.78 is 10.5. The van der Waals surface area contributed by atoms with Crippen LogP contribution >= 0.6 is 0 Å². The zero-order valence-electron chi connectivity index (χ0n) is 14.6. The molecule has 2 saturated heterocycles. The summed E-state index contributed by atoms with van der Waals surface area (Å²) in [6.45, 7) is 5.89. The first kappa shape index (κ1) is 17.2. The third-order valence-electron chi connectivity index (χ3n) is 5.18. The molecule has 0 aliphatic carbocycles. The van der Waals surface area contributed by atoms with Crippen molar-refractivity contribution >= 4 is 5.91 Å². The fourth-order valence-electron chi connectivity index (χ4n) is 3.59. The average Bonchev–Trinajstić information content (AvgIpc) is 2.67. The maximum atomic E-state index is 12.2. The molecule has 2 heterocycles. The van der Waals surface area contributed by atoms with E-state index < -0.39 is 0 Å². The van der Waals surface area contributed by atoms with Crippen molar-refractivity contribution in [2.75, 3.05) is 53.0 Å². The third kappa shape index (κ3) is 4.48. The van der Waals surface area contributed by atoms with Gasteiger partial charge >= 0.3 is 0 Å². The Morgan fingerprint density at radius 3 is 2.42 bits per heavy atom. The topological polar surface area (TPSA) is 42.0 Å². The van der Waals surface area contributed by atoms with Crippen LogP contribution in [0.25, 0.3) is 0 Å². The molecule has 0 N–H and O–H groups in total. The van der Waals surface area contributed by atoms with E-state index in [9.17, 15) is 4.79 Å². The van der Waals surface area contributed by atoms with E-state index in [0.29, 0.717) is 25.6 Å². The molecule has 0 radical (unpaired) electrons. The van der Waals surface area contributed by atoms with Crippen LogP contribution in [0.3, 0.4) is 0 Å². The van der Waals surface area contributed by atoms with E-state index >= 15 is 0 Å². The molecule has 2 fully saturated rings. The van der Waals surface area contributed by atoms with Gasteiger partial charge in [-0.25, -0.2) is 0 Å². The Labute approximate surface area is 144 Å². The molecule has 132 valence electrons. The van der Waals surface area contributed by atoms with Crippen molar-refractivity contribution in [3.8, 4) is 5.75 Å². The van der Waals surface area contributed by atoms with Crippen LogP contribution in [0.4, 0.5) is 0 Å². The van der Waals surface area contributed by atoms with Gasteiger partial charge in [0.1, 0.15) is 5.75 Å². The van der Waals surface area contributed by atoms with Crippen molar-refractivity contribution in [1.29, 1.82) is 0 Å². The number of amides is 1. The van der Waals surface area contributed by atoms with Gasteiger partial charge in [0.05, 0.1) is 20.3 Å². The molecule has 1 aromatic carbocycles. The first-order valence-corrected chi connectivity index (χ1v) is 8.98. The summed E-state index contributed by atoms with van der Waals surface area (Å²) in [5.74, 6) is 1.82. The highest BCUT2D eigenvalue weighted by atomic mass is 16.5. The van der Waals surface area contributed by atoms with Crippen LogP contribution < -0.4 is 4.74 Å². The standard InChI is InChI=1S/C19H28N2O3/c1-23-18-4-2-16(3-5-18)17-6-9-20(10-7-17)11-8-19(22)21-12-14-24-15-13-21/h2-5,17H,6-15H2,1H3. The minimum Gasteiger partial charge on any atom is -0.497 e. The summed E-state index contributed by atoms with van der Waals surface area (Å²) in [5.41, 5.74) is 1.40. The Morgan fingerprint density at radius 2 is 1.79 bits per heavy atom. The molecule has 0 aromatic heterocycles. The van der Waals surface area contributed by atoms with E-state index in [-0.39, 0.29) is 5.91 Å². The molecular formula is C19H28N2O3. The SMILES string of the molecule is COc1ccc(C2CCN(CCC(=O)N3CCOCC3)CC2)cc1. The monoisotopic (exact) mass is 332 g/mol. The predicted molar refractivity (Wildman–Crippen MR) is 93.4 cm³/mol. The summed E-state index contributed by atoms with van der Waals surface area (Å²) >= 11 is 0. The number of morpholine rings is 1. The molecule has 0 spiro atoms. The fraction of sp³-hybridized carbons (Fsp3) is 0.632. The molecule has 24 heavy (non-hydrogen) atoms. The first-order valence-electron chi connectivity index (χ1n) is 8.98. The second kappa shape index (κ2) is 8.49. The summed E-state index contributed by atoms with van der Waals surface area (Å²) in [6, 6.07) is 8.45. The highest BCUT2D eigenvalue weighted by Crippen LogP contribution is 2.29. The largest absolute Gasteiger partial charge is 0.497 e. The van der Waals surface area contributed by atoms with E-state index in [4.69, 9.17) is 9.47 Å². The Morgan fingerprint density at radius 1 is 1.12 bits per heavy atom. The van der Waals surface area contributed by atoms with Gasteiger partial charge in [0.15, 0.2) is 0 Å². The number of piperidine rings is 1. The number of ether oxygens (including phenoxy) is 2. The van der Waals surface area contributed by atoms with Crippen molar-refractivity contribution in [1.82, 2.24) is 9.80 Å². The lowest BCUT2D eigenvalue weighted by atomic mass is 9.89. The second-order valence-corrected chi connectivity index (χ2v) is 6.63. The molecule has 0 unspecified atom stereocenters. The van der Waals surface area contributed by atoms with Crippen LogP contribution in [0.15, 0.2) is 24.3 Å². The Hall–Kier alpha value is -1.59. The van der Waals surface area contributed by atoms with E-state index in [0.717, 1.165) is 51.3 Å². The van der Waals surface area contributed by atoms with Gasteiger partial charge in [-0.3, -0.25) is 4.79 Å². The van der Waals surface area contributed by atoms with Crippen LogP contribution in [-0.4, -0.2) is 68.8 Å². The molecule has 1 aromatic rings. The van der Waals surface area contributed by atoms with Crippen LogP contribution in [0, 0.1) is 0 Å². The van der Waals surface area contributed by atoms with Crippen molar-refractivity contribution in [2.45, 2.75) is 25.2 Å². The van der Waals surface area contributed by atoms with Crippen LogP contribution in [-0.2, 0) is 9.53 Å². The van der Waals surface area contributed by atoms with Crippen LogP contribution in [0.5, 0.6) is 5.75 Å².